The van der Waals surface area contributed by atoms with E-state index in [1.807, 2.05) is 51.4 Å². The highest BCUT2D eigenvalue weighted by molar-refractivity contribution is 5.96. The molecule has 0 bridgehead atoms. The SMILES string of the molecule is Cc1ccc(-c2cc(C3CC3)nn2-c2ccc3c(c2)nc(-c2cc(C(=O)N4CCCCC4)ccc2O)n3Cc2ccc(=O)[nH]c2)o1. The van der Waals surface area contributed by atoms with E-state index in [1.165, 1.54) is 6.07 Å². The Morgan fingerprint density at radius 3 is 2.59 bits per heavy atom. The van der Waals surface area contributed by atoms with Gasteiger partial charge in [0.2, 0.25) is 5.56 Å². The lowest BCUT2D eigenvalue weighted by atomic mass is 10.1. The van der Waals surface area contributed by atoms with Crippen LogP contribution in [0.5, 0.6) is 5.75 Å². The molecule has 4 aromatic heterocycles. The van der Waals surface area contributed by atoms with Gasteiger partial charge in [-0.25, -0.2) is 9.67 Å². The molecule has 2 aromatic carbocycles. The predicted molar refractivity (Wildman–Crippen MR) is 174 cm³/mol. The Morgan fingerprint density at radius 2 is 1.85 bits per heavy atom. The summed E-state index contributed by atoms with van der Waals surface area (Å²) in [6, 6.07) is 20.3. The van der Waals surface area contributed by atoms with Gasteiger partial charge in [0.1, 0.15) is 23.0 Å². The minimum Gasteiger partial charge on any atom is -0.507 e. The number of H-pyrrole nitrogens is 1. The molecule has 0 unspecified atom stereocenters. The summed E-state index contributed by atoms with van der Waals surface area (Å²) >= 11 is 0. The lowest BCUT2D eigenvalue weighted by Crippen LogP contribution is -2.35. The first-order valence-electron chi connectivity index (χ1n) is 15.9. The lowest BCUT2D eigenvalue weighted by Gasteiger charge is -2.27. The Morgan fingerprint density at radius 1 is 1.00 bits per heavy atom. The normalized spacial score (nSPS) is 15.1. The van der Waals surface area contributed by atoms with Crippen LogP contribution in [0.25, 0.3) is 39.6 Å². The number of hydrogen-bond acceptors (Lipinski definition) is 6. The number of furan rings is 1. The maximum Gasteiger partial charge on any atom is 0.253 e. The van der Waals surface area contributed by atoms with Crippen molar-refractivity contribution >= 4 is 16.9 Å². The minimum atomic E-state index is -0.182. The summed E-state index contributed by atoms with van der Waals surface area (Å²) in [6.07, 6.45) is 7.07. The molecular weight excluding hydrogens is 580 g/mol. The van der Waals surface area contributed by atoms with Gasteiger partial charge in [-0.3, -0.25) is 9.59 Å². The molecule has 1 aliphatic carbocycles. The van der Waals surface area contributed by atoms with Crippen LogP contribution in [0.2, 0.25) is 0 Å². The van der Waals surface area contributed by atoms with Crippen molar-refractivity contribution in [2.24, 2.45) is 0 Å². The number of fused-ring (bicyclic) bond motifs is 1. The molecule has 10 nitrogen and oxygen atoms in total. The molecule has 1 saturated heterocycles. The summed E-state index contributed by atoms with van der Waals surface area (Å²) in [5.41, 5.74) is 5.96. The third kappa shape index (κ3) is 5.19. The summed E-state index contributed by atoms with van der Waals surface area (Å²) in [6.45, 7) is 3.78. The second-order valence-corrected chi connectivity index (χ2v) is 12.4. The molecule has 2 fully saturated rings. The first kappa shape index (κ1) is 28.1. The number of rotatable bonds is 7. The fourth-order valence-electron chi connectivity index (χ4n) is 6.39. The van der Waals surface area contributed by atoms with Crippen LogP contribution in [0, 0.1) is 6.92 Å². The summed E-state index contributed by atoms with van der Waals surface area (Å²) in [5, 5.41) is 16.1. The fraction of sp³-hybridized carbons (Fsp3) is 0.278. The van der Waals surface area contributed by atoms with E-state index in [-0.39, 0.29) is 17.2 Å². The molecule has 10 heteroatoms. The van der Waals surface area contributed by atoms with E-state index in [0.29, 0.717) is 34.9 Å². The van der Waals surface area contributed by atoms with Gasteiger partial charge in [0.15, 0.2) is 5.76 Å². The number of carbonyl (C=O) groups is 1. The maximum atomic E-state index is 13.4. The van der Waals surface area contributed by atoms with Crippen LogP contribution in [-0.2, 0) is 6.54 Å². The van der Waals surface area contributed by atoms with Gasteiger partial charge in [0.05, 0.1) is 34.5 Å². The number of phenolic OH excluding ortho intramolecular Hbond substituents is 1. The number of aromatic amines is 1. The van der Waals surface area contributed by atoms with Crippen LogP contribution >= 0.6 is 0 Å². The molecular formula is C36H34N6O4. The van der Waals surface area contributed by atoms with E-state index in [1.54, 1.807) is 30.5 Å². The molecule has 1 saturated carbocycles. The number of imidazole rings is 1. The van der Waals surface area contributed by atoms with Gasteiger partial charge in [0.25, 0.3) is 5.91 Å². The van der Waals surface area contributed by atoms with Gasteiger partial charge in [-0.05, 0) is 99.2 Å². The topological polar surface area (TPSA) is 122 Å². The van der Waals surface area contributed by atoms with Crippen molar-refractivity contribution in [3.63, 3.8) is 0 Å². The number of amides is 1. The molecule has 232 valence electrons. The van der Waals surface area contributed by atoms with E-state index in [9.17, 15) is 14.7 Å². The Kier molecular flexibility index (Phi) is 6.85. The number of likely N-dealkylation sites (tertiary alicyclic amines) is 1. The van der Waals surface area contributed by atoms with Gasteiger partial charge in [0, 0.05) is 36.8 Å². The van der Waals surface area contributed by atoms with E-state index < -0.39 is 0 Å². The van der Waals surface area contributed by atoms with Crippen molar-refractivity contribution in [1.29, 1.82) is 0 Å². The molecule has 1 aliphatic heterocycles. The molecule has 0 radical (unpaired) electrons. The summed E-state index contributed by atoms with van der Waals surface area (Å²) < 4.78 is 9.94. The van der Waals surface area contributed by atoms with Crippen molar-refractivity contribution in [2.75, 3.05) is 13.1 Å². The third-order valence-corrected chi connectivity index (χ3v) is 9.01. The van der Waals surface area contributed by atoms with E-state index in [0.717, 1.165) is 84.9 Å². The van der Waals surface area contributed by atoms with Crippen molar-refractivity contribution in [1.82, 2.24) is 29.2 Å². The van der Waals surface area contributed by atoms with Crippen LogP contribution in [0.1, 0.15) is 65.4 Å². The first-order valence-corrected chi connectivity index (χ1v) is 15.9. The predicted octanol–water partition coefficient (Wildman–Crippen LogP) is 6.40. The third-order valence-electron chi connectivity index (χ3n) is 9.01. The number of hydrogen-bond donors (Lipinski definition) is 2. The molecule has 8 rings (SSSR count). The van der Waals surface area contributed by atoms with E-state index >= 15 is 0 Å². The number of nitrogens with one attached hydrogen (secondary N) is 1. The number of benzene rings is 2. The minimum absolute atomic E-state index is 0.0325. The monoisotopic (exact) mass is 614 g/mol. The van der Waals surface area contributed by atoms with Gasteiger partial charge in [-0.15, -0.1) is 0 Å². The van der Waals surface area contributed by atoms with Crippen LogP contribution in [0.15, 0.2) is 82.1 Å². The van der Waals surface area contributed by atoms with Gasteiger partial charge in [-0.1, -0.05) is 6.07 Å². The first-order chi connectivity index (χ1) is 22.4. The quantitative estimate of drug-likeness (QED) is 0.215. The van der Waals surface area contributed by atoms with Crippen molar-refractivity contribution in [3.8, 4) is 34.3 Å². The second kappa shape index (κ2) is 11.2. The lowest BCUT2D eigenvalue weighted by molar-refractivity contribution is 0.0724. The zero-order valence-electron chi connectivity index (χ0n) is 25.6. The average Bonchev–Trinajstić information content (AvgIpc) is 3.52. The van der Waals surface area contributed by atoms with E-state index in [4.69, 9.17) is 14.5 Å². The number of phenols is 1. The Bertz CT molecular complexity index is 2140. The van der Waals surface area contributed by atoms with Crippen molar-refractivity contribution in [3.05, 3.63) is 106 Å². The standard InChI is InChI=1S/C36H34N6O4/c1-22-5-13-33(46-22)31-19-28(24-7-8-24)39-42(31)26-10-11-30-29(18-26)38-35(41(30)21-23-6-14-34(44)37-20-23)27-17-25(9-12-32(27)43)36(45)40-15-3-2-4-16-40/h5-6,9-14,17-20,24,43H,2-4,7-8,15-16,21H2,1H3,(H,37,44). The Labute approximate surface area is 264 Å². The number of carbonyl (C=O) groups excluding carboxylic acids is 1. The number of aromatic hydroxyl groups is 1. The van der Waals surface area contributed by atoms with Crippen molar-refractivity contribution < 1.29 is 14.3 Å². The highest BCUT2D eigenvalue weighted by Gasteiger charge is 2.29. The van der Waals surface area contributed by atoms with Crippen LogP contribution in [0.3, 0.4) is 0 Å². The average molecular weight is 615 g/mol. The largest absolute Gasteiger partial charge is 0.507 e. The second-order valence-electron chi connectivity index (χ2n) is 12.4. The maximum absolute atomic E-state index is 13.4. The molecule has 2 aliphatic rings. The Hall–Kier alpha value is -5.38. The molecule has 0 spiro atoms. The number of pyridine rings is 1. The highest BCUT2D eigenvalue weighted by Crippen LogP contribution is 2.41. The molecule has 46 heavy (non-hydrogen) atoms. The smallest absolute Gasteiger partial charge is 0.253 e. The number of nitrogens with zero attached hydrogens (tertiary/aromatic N) is 5. The molecule has 1 amide bonds. The van der Waals surface area contributed by atoms with Gasteiger partial charge < -0.3 is 24.0 Å². The molecule has 6 aromatic rings. The Balaban J connectivity index is 1.26. The van der Waals surface area contributed by atoms with Crippen LogP contribution in [-0.4, -0.2) is 53.3 Å². The fourth-order valence-corrected chi connectivity index (χ4v) is 6.39. The zero-order chi connectivity index (χ0) is 31.4. The number of aryl methyl sites for hydroxylation is 1. The van der Waals surface area contributed by atoms with Gasteiger partial charge in [-0.2, -0.15) is 5.10 Å². The molecule has 0 atom stereocenters. The highest BCUT2D eigenvalue weighted by atomic mass is 16.3. The summed E-state index contributed by atoms with van der Waals surface area (Å²) in [5.74, 6) is 2.55. The van der Waals surface area contributed by atoms with Crippen molar-refractivity contribution in [2.45, 2.75) is 51.5 Å². The zero-order valence-corrected chi connectivity index (χ0v) is 25.6. The summed E-state index contributed by atoms with van der Waals surface area (Å²) in [4.78, 5) is 34.9. The molecule has 5 heterocycles. The molecule has 2 N–H and O–H groups in total. The van der Waals surface area contributed by atoms with Crippen LogP contribution in [0.4, 0.5) is 0 Å². The number of aromatic nitrogens is 5. The van der Waals surface area contributed by atoms with Gasteiger partial charge >= 0.3 is 0 Å². The van der Waals surface area contributed by atoms with Crippen LogP contribution < -0.4 is 5.56 Å². The summed E-state index contributed by atoms with van der Waals surface area (Å²) in [7, 11) is 0. The van der Waals surface area contributed by atoms with E-state index in [2.05, 4.69) is 11.1 Å². The number of piperidine rings is 1.